The zero-order valence-electron chi connectivity index (χ0n) is 7.56. The summed E-state index contributed by atoms with van der Waals surface area (Å²) in [5.41, 5.74) is 0.425. The van der Waals surface area contributed by atoms with Crippen molar-refractivity contribution < 1.29 is 19.4 Å². The first kappa shape index (κ1) is 10.1. The van der Waals surface area contributed by atoms with Gasteiger partial charge in [-0.2, -0.15) is 0 Å². The van der Waals surface area contributed by atoms with Crippen molar-refractivity contribution in [2.45, 2.75) is 11.9 Å². The van der Waals surface area contributed by atoms with Crippen molar-refractivity contribution in [1.29, 1.82) is 0 Å². The van der Waals surface area contributed by atoms with Crippen LogP contribution >= 0.6 is 0 Å². The maximum atomic E-state index is 10.5. The summed E-state index contributed by atoms with van der Waals surface area (Å²) < 4.78 is 10.0. The molecule has 1 N–H and O–H groups in total. The number of ether oxygens (including phenoxy) is 2. The van der Waals surface area contributed by atoms with Crippen LogP contribution in [0, 0.1) is 0 Å². The fraction of sp³-hybridized carbons (Fsp3) is 0.444. The lowest BCUT2D eigenvalue weighted by molar-refractivity contribution is -0.214. The van der Waals surface area contributed by atoms with E-state index < -0.39 is 11.9 Å². The monoisotopic (exact) mass is 184 g/mol. The summed E-state index contributed by atoms with van der Waals surface area (Å²) in [5.74, 6) is -1.23. The predicted octanol–water partition coefficient (Wildman–Crippen LogP) is 0.0315. The molecule has 4 nitrogen and oxygen atoms in total. The van der Waals surface area contributed by atoms with E-state index in [1.165, 1.54) is 32.4 Å². The Morgan fingerprint density at radius 2 is 2.15 bits per heavy atom. The zero-order valence-corrected chi connectivity index (χ0v) is 7.56. The molecule has 0 aromatic heterocycles. The Bertz CT molecular complexity index is 250. The third-order valence-corrected chi connectivity index (χ3v) is 2.03. The molecule has 0 saturated heterocycles. The molecule has 0 aromatic rings. The highest BCUT2D eigenvalue weighted by Gasteiger charge is 2.37. The standard InChI is InChI=1S/C9H12O4/c1-12-9(13-2)5-7(6-10)3-4-8(9)11/h3-6,8,11H,1-2H3. The Morgan fingerprint density at radius 3 is 2.62 bits per heavy atom. The number of aliphatic hydroxyl groups excluding tert-OH is 1. The number of carbonyl (C=O) groups excluding carboxylic acids is 1. The normalized spacial score (nSPS) is 25.5. The summed E-state index contributed by atoms with van der Waals surface area (Å²) in [6.07, 6.45) is 4.20. The Morgan fingerprint density at radius 1 is 1.54 bits per heavy atom. The van der Waals surface area contributed by atoms with E-state index in [1.54, 1.807) is 0 Å². The molecule has 0 saturated carbocycles. The topological polar surface area (TPSA) is 55.8 Å². The van der Waals surface area contributed by atoms with Gasteiger partial charge in [0.15, 0.2) is 0 Å². The summed E-state index contributed by atoms with van der Waals surface area (Å²) in [5, 5.41) is 9.54. The van der Waals surface area contributed by atoms with E-state index in [0.717, 1.165) is 0 Å². The van der Waals surface area contributed by atoms with Crippen LogP contribution in [0.1, 0.15) is 0 Å². The molecule has 0 aromatic carbocycles. The van der Waals surface area contributed by atoms with Crippen LogP contribution in [0.2, 0.25) is 0 Å². The molecule has 1 unspecified atom stereocenters. The van der Waals surface area contributed by atoms with Gasteiger partial charge in [-0.1, -0.05) is 6.08 Å². The largest absolute Gasteiger partial charge is 0.383 e. The highest BCUT2D eigenvalue weighted by molar-refractivity contribution is 5.78. The number of aliphatic hydroxyl groups is 1. The van der Waals surface area contributed by atoms with Gasteiger partial charge in [-0.05, 0) is 12.2 Å². The maximum absolute atomic E-state index is 10.5. The van der Waals surface area contributed by atoms with Gasteiger partial charge < -0.3 is 14.6 Å². The van der Waals surface area contributed by atoms with E-state index in [1.807, 2.05) is 0 Å². The highest BCUT2D eigenvalue weighted by atomic mass is 16.7. The molecule has 0 aliphatic heterocycles. The maximum Gasteiger partial charge on any atom is 0.218 e. The molecule has 0 bridgehead atoms. The van der Waals surface area contributed by atoms with E-state index in [-0.39, 0.29) is 0 Å². The zero-order chi connectivity index (χ0) is 9.90. The summed E-state index contributed by atoms with van der Waals surface area (Å²) in [6, 6.07) is 0. The molecule has 0 heterocycles. The Kier molecular flexibility index (Phi) is 2.98. The molecule has 0 spiro atoms. The van der Waals surface area contributed by atoms with Gasteiger partial charge in [0.25, 0.3) is 0 Å². The molecule has 72 valence electrons. The Balaban J connectivity index is 3.01. The second kappa shape index (κ2) is 3.83. The predicted molar refractivity (Wildman–Crippen MR) is 46.0 cm³/mol. The summed E-state index contributed by atoms with van der Waals surface area (Å²) in [7, 11) is 2.82. The second-order valence-corrected chi connectivity index (χ2v) is 2.70. The van der Waals surface area contributed by atoms with Gasteiger partial charge >= 0.3 is 0 Å². The van der Waals surface area contributed by atoms with Crippen molar-refractivity contribution in [2.75, 3.05) is 14.2 Å². The molecule has 1 aliphatic rings. The lowest BCUT2D eigenvalue weighted by Gasteiger charge is -2.33. The quantitative estimate of drug-likeness (QED) is 0.496. The van der Waals surface area contributed by atoms with Gasteiger partial charge in [-0.15, -0.1) is 0 Å². The SMILES string of the molecule is COC1(OC)C=C(C=O)C=CC1O. The van der Waals surface area contributed by atoms with E-state index in [9.17, 15) is 9.90 Å². The average molecular weight is 184 g/mol. The minimum atomic E-state index is -1.23. The van der Waals surface area contributed by atoms with Crippen LogP contribution in [-0.2, 0) is 14.3 Å². The number of hydrogen-bond donors (Lipinski definition) is 1. The average Bonchev–Trinajstić information content (AvgIpc) is 2.19. The summed E-state index contributed by atoms with van der Waals surface area (Å²) in [4.78, 5) is 10.5. The molecule has 0 radical (unpaired) electrons. The molecule has 13 heavy (non-hydrogen) atoms. The third-order valence-electron chi connectivity index (χ3n) is 2.03. The number of hydrogen-bond acceptors (Lipinski definition) is 4. The minimum absolute atomic E-state index is 0.425. The van der Waals surface area contributed by atoms with Crippen molar-refractivity contribution in [3.63, 3.8) is 0 Å². The first-order valence-electron chi connectivity index (χ1n) is 3.83. The lowest BCUT2D eigenvalue weighted by Crippen LogP contribution is -2.44. The van der Waals surface area contributed by atoms with E-state index in [4.69, 9.17) is 9.47 Å². The first-order valence-corrected chi connectivity index (χ1v) is 3.83. The fourth-order valence-corrected chi connectivity index (χ4v) is 1.22. The number of methoxy groups -OCH3 is 2. The summed E-state index contributed by atoms with van der Waals surface area (Å²) in [6.45, 7) is 0. The minimum Gasteiger partial charge on any atom is -0.383 e. The van der Waals surface area contributed by atoms with Gasteiger partial charge in [0.2, 0.25) is 5.79 Å². The van der Waals surface area contributed by atoms with E-state index in [0.29, 0.717) is 11.9 Å². The molecule has 1 aliphatic carbocycles. The third kappa shape index (κ3) is 1.70. The van der Waals surface area contributed by atoms with Gasteiger partial charge in [-0.3, -0.25) is 4.79 Å². The first-order chi connectivity index (χ1) is 6.18. The number of aldehydes is 1. The molecule has 1 atom stereocenters. The van der Waals surface area contributed by atoms with Crippen molar-refractivity contribution >= 4 is 6.29 Å². The van der Waals surface area contributed by atoms with E-state index >= 15 is 0 Å². The van der Waals surface area contributed by atoms with Crippen molar-refractivity contribution in [1.82, 2.24) is 0 Å². The van der Waals surface area contributed by atoms with Crippen LogP contribution in [0.15, 0.2) is 23.8 Å². The van der Waals surface area contributed by atoms with Crippen LogP contribution in [-0.4, -0.2) is 37.5 Å². The van der Waals surface area contributed by atoms with Gasteiger partial charge in [-0.25, -0.2) is 0 Å². The molecular weight excluding hydrogens is 172 g/mol. The van der Waals surface area contributed by atoms with Crippen LogP contribution in [0.4, 0.5) is 0 Å². The second-order valence-electron chi connectivity index (χ2n) is 2.70. The van der Waals surface area contributed by atoms with Gasteiger partial charge in [0.1, 0.15) is 12.4 Å². The van der Waals surface area contributed by atoms with Crippen LogP contribution in [0.3, 0.4) is 0 Å². The van der Waals surface area contributed by atoms with E-state index in [2.05, 4.69) is 0 Å². The molecule has 1 rings (SSSR count). The lowest BCUT2D eigenvalue weighted by atomic mass is 9.99. The molecular formula is C9H12O4. The number of allylic oxidation sites excluding steroid dienone is 2. The summed E-state index contributed by atoms with van der Waals surface area (Å²) >= 11 is 0. The molecule has 0 amide bonds. The molecule has 4 heteroatoms. The van der Waals surface area contributed by atoms with Crippen LogP contribution in [0.25, 0.3) is 0 Å². The van der Waals surface area contributed by atoms with Gasteiger partial charge in [0.05, 0.1) is 0 Å². The Hall–Kier alpha value is -0.970. The number of rotatable bonds is 3. The van der Waals surface area contributed by atoms with Crippen molar-refractivity contribution in [3.05, 3.63) is 23.8 Å². The fourth-order valence-electron chi connectivity index (χ4n) is 1.22. The smallest absolute Gasteiger partial charge is 0.218 e. The highest BCUT2D eigenvalue weighted by Crippen LogP contribution is 2.25. The van der Waals surface area contributed by atoms with Crippen molar-refractivity contribution in [2.24, 2.45) is 0 Å². The van der Waals surface area contributed by atoms with Crippen LogP contribution < -0.4 is 0 Å². The number of carbonyl (C=O) groups is 1. The Labute approximate surface area is 76.5 Å². The van der Waals surface area contributed by atoms with Gasteiger partial charge in [0, 0.05) is 19.8 Å². The van der Waals surface area contributed by atoms with Crippen LogP contribution in [0.5, 0.6) is 0 Å². The van der Waals surface area contributed by atoms with Crippen molar-refractivity contribution in [3.8, 4) is 0 Å². The molecule has 0 fully saturated rings.